The van der Waals surface area contributed by atoms with Gasteiger partial charge in [-0.1, -0.05) is 18.2 Å². The van der Waals surface area contributed by atoms with Crippen LogP contribution >= 0.6 is 0 Å². The van der Waals surface area contributed by atoms with Gasteiger partial charge in [0.1, 0.15) is 6.04 Å². The Bertz CT molecular complexity index is 921. The molecule has 0 spiro atoms. The first-order valence-electron chi connectivity index (χ1n) is 9.49. The molecule has 3 amide bonds. The van der Waals surface area contributed by atoms with Crippen LogP contribution in [0.5, 0.6) is 0 Å². The highest BCUT2D eigenvalue weighted by Crippen LogP contribution is 2.65. The number of nitrogens with one attached hydrogen (secondary N) is 1. The summed E-state index contributed by atoms with van der Waals surface area (Å²) in [5, 5.41) is 13.5. The minimum absolute atomic E-state index is 0.105. The molecule has 1 aromatic rings. The van der Waals surface area contributed by atoms with E-state index in [9.17, 15) is 24.5 Å². The summed E-state index contributed by atoms with van der Waals surface area (Å²) in [6.07, 6.45) is 5.25. The second kappa shape index (κ2) is 5.73. The number of amides is 3. The van der Waals surface area contributed by atoms with Crippen molar-refractivity contribution in [2.45, 2.75) is 19.4 Å². The fraction of sp³-hybridized carbons (Fsp3) is 0.450. The number of carbonyl (C=O) groups is 3. The number of benzene rings is 1. The van der Waals surface area contributed by atoms with Crippen molar-refractivity contribution < 1.29 is 19.3 Å². The molecule has 5 aliphatic rings. The number of nitrogens with zero attached hydrogens (tertiary/aromatic N) is 2. The van der Waals surface area contributed by atoms with Gasteiger partial charge in [0.2, 0.25) is 17.7 Å². The molecule has 1 N–H and O–H groups in total. The first kappa shape index (κ1) is 17.1. The lowest BCUT2D eigenvalue weighted by molar-refractivity contribution is -0.384. The van der Waals surface area contributed by atoms with Crippen molar-refractivity contribution in [3.8, 4) is 0 Å². The van der Waals surface area contributed by atoms with E-state index in [1.165, 1.54) is 31.2 Å². The highest BCUT2D eigenvalue weighted by Gasteiger charge is 2.67. The van der Waals surface area contributed by atoms with E-state index in [2.05, 4.69) is 17.5 Å². The lowest BCUT2D eigenvalue weighted by atomic mass is 9.63. The summed E-state index contributed by atoms with van der Waals surface area (Å²) in [6.45, 7) is 1.52. The van der Waals surface area contributed by atoms with E-state index >= 15 is 0 Å². The van der Waals surface area contributed by atoms with E-state index in [0.717, 1.165) is 11.3 Å². The molecule has 0 aromatic heterocycles. The number of likely N-dealkylation sites (tertiary alicyclic amines) is 1. The average molecular weight is 381 g/mol. The van der Waals surface area contributed by atoms with Gasteiger partial charge in [-0.3, -0.25) is 29.4 Å². The molecule has 7 atom stereocenters. The molecule has 1 saturated heterocycles. The monoisotopic (exact) mass is 381 g/mol. The van der Waals surface area contributed by atoms with Crippen LogP contribution in [0.2, 0.25) is 0 Å². The largest absolute Gasteiger partial charge is 0.324 e. The van der Waals surface area contributed by atoms with E-state index in [4.69, 9.17) is 0 Å². The van der Waals surface area contributed by atoms with Gasteiger partial charge >= 0.3 is 0 Å². The van der Waals surface area contributed by atoms with Gasteiger partial charge in [0.15, 0.2) is 0 Å². The van der Waals surface area contributed by atoms with Crippen LogP contribution in [0.1, 0.15) is 13.3 Å². The number of carbonyl (C=O) groups excluding carboxylic acids is 3. The fourth-order valence-electron chi connectivity index (χ4n) is 5.42. The van der Waals surface area contributed by atoms with Gasteiger partial charge < -0.3 is 5.32 Å². The van der Waals surface area contributed by atoms with Gasteiger partial charge in [-0.2, -0.15) is 0 Å². The van der Waals surface area contributed by atoms with Crippen LogP contribution < -0.4 is 5.32 Å². The molecule has 1 heterocycles. The number of rotatable bonds is 4. The van der Waals surface area contributed by atoms with Gasteiger partial charge in [0.05, 0.1) is 16.8 Å². The summed E-state index contributed by atoms with van der Waals surface area (Å²) in [4.78, 5) is 50.2. The molecule has 4 aliphatic carbocycles. The highest BCUT2D eigenvalue weighted by atomic mass is 16.6. The molecule has 8 heteroatoms. The summed E-state index contributed by atoms with van der Waals surface area (Å²) >= 11 is 0. The predicted molar refractivity (Wildman–Crippen MR) is 97.7 cm³/mol. The topological polar surface area (TPSA) is 110 Å². The Morgan fingerprint density at radius 1 is 1.18 bits per heavy atom. The molecule has 3 fully saturated rings. The van der Waals surface area contributed by atoms with Crippen LogP contribution in [0, 0.1) is 45.6 Å². The number of imide groups is 1. The second-order valence-electron chi connectivity index (χ2n) is 8.17. The van der Waals surface area contributed by atoms with Gasteiger partial charge in [-0.15, -0.1) is 0 Å². The van der Waals surface area contributed by atoms with Gasteiger partial charge in [0, 0.05) is 17.8 Å². The summed E-state index contributed by atoms with van der Waals surface area (Å²) in [5.74, 6) is -0.543. The molecule has 1 aliphatic heterocycles. The Morgan fingerprint density at radius 3 is 2.36 bits per heavy atom. The summed E-state index contributed by atoms with van der Waals surface area (Å²) < 4.78 is 0. The first-order valence-corrected chi connectivity index (χ1v) is 9.49. The van der Waals surface area contributed by atoms with Gasteiger partial charge in [-0.05, 0) is 43.1 Å². The van der Waals surface area contributed by atoms with E-state index in [0.29, 0.717) is 11.8 Å². The Morgan fingerprint density at radius 2 is 1.79 bits per heavy atom. The zero-order chi connectivity index (χ0) is 19.7. The number of hydrogen-bond donors (Lipinski definition) is 1. The predicted octanol–water partition coefficient (Wildman–Crippen LogP) is 1.97. The molecule has 2 saturated carbocycles. The molecule has 2 bridgehead atoms. The van der Waals surface area contributed by atoms with E-state index in [-0.39, 0.29) is 46.9 Å². The fourth-order valence-corrected chi connectivity index (χ4v) is 5.42. The van der Waals surface area contributed by atoms with Crippen LogP contribution in [0.4, 0.5) is 11.4 Å². The van der Waals surface area contributed by atoms with Crippen molar-refractivity contribution in [3.05, 3.63) is 46.5 Å². The number of anilines is 1. The van der Waals surface area contributed by atoms with Gasteiger partial charge in [0.25, 0.3) is 5.69 Å². The number of nitro benzene ring substituents is 1. The highest BCUT2D eigenvalue weighted by molar-refractivity contribution is 6.10. The van der Waals surface area contributed by atoms with Crippen molar-refractivity contribution >= 4 is 29.1 Å². The smallest absolute Gasteiger partial charge is 0.271 e. The average Bonchev–Trinajstić information content (AvgIpc) is 3.45. The van der Waals surface area contributed by atoms with Crippen molar-refractivity contribution in [2.75, 3.05) is 5.32 Å². The van der Waals surface area contributed by atoms with E-state index in [1.807, 2.05) is 0 Å². The first-order chi connectivity index (χ1) is 13.4. The lowest BCUT2D eigenvalue weighted by Crippen LogP contribution is -2.46. The Hall–Kier alpha value is -3.03. The number of allylic oxidation sites excluding steroid dienone is 2. The molecule has 8 nitrogen and oxygen atoms in total. The van der Waals surface area contributed by atoms with Crippen LogP contribution in [0.25, 0.3) is 0 Å². The normalized spacial score (nSPS) is 35.4. The molecular formula is C20H19N3O5. The SMILES string of the molecule is C[C@H](C(=O)Nc1cccc([N+](=O)[O-])c1)N1C(=O)[C@@H]2[C@@H]3C=C[C@H]([C@H]4C[C@@H]34)[C@@H]2C1=O. The quantitative estimate of drug-likeness (QED) is 0.371. The van der Waals surface area contributed by atoms with Crippen molar-refractivity contribution in [1.29, 1.82) is 0 Å². The van der Waals surface area contributed by atoms with Crippen molar-refractivity contribution in [2.24, 2.45) is 35.5 Å². The summed E-state index contributed by atoms with van der Waals surface area (Å²) in [7, 11) is 0. The Balaban J connectivity index is 1.36. The zero-order valence-electron chi connectivity index (χ0n) is 15.1. The minimum Gasteiger partial charge on any atom is -0.324 e. The van der Waals surface area contributed by atoms with Crippen LogP contribution in [-0.4, -0.2) is 33.6 Å². The molecule has 6 rings (SSSR count). The van der Waals surface area contributed by atoms with Crippen molar-refractivity contribution in [1.82, 2.24) is 4.90 Å². The third kappa shape index (κ3) is 2.26. The number of non-ortho nitro benzene ring substituents is 1. The maximum absolute atomic E-state index is 13.0. The molecular weight excluding hydrogens is 362 g/mol. The van der Waals surface area contributed by atoms with Crippen LogP contribution in [-0.2, 0) is 14.4 Å². The number of nitro groups is 1. The molecule has 144 valence electrons. The van der Waals surface area contributed by atoms with Crippen LogP contribution in [0.3, 0.4) is 0 Å². The molecule has 0 unspecified atom stereocenters. The van der Waals surface area contributed by atoms with E-state index in [1.54, 1.807) is 0 Å². The Kier molecular flexibility index (Phi) is 3.50. The third-order valence-electron chi connectivity index (χ3n) is 6.79. The molecule has 0 radical (unpaired) electrons. The van der Waals surface area contributed by atoms with Crippen molar-refractivity contribution in [3.63, 3.8) is 0 Å². The Labute approximate surface area is 160 Å². The summed E-state index contributed by atoms with van der Waals surface area (Å²) in [6, 6.07) is 4.60. The third-order valence-corrected chi connectivity index (χ3v) is 6.79. The zero-order valence-corrected chi connectivity index (χ0v) is 15.1. The van der Waals surface area contributed by atoms with E-state index < -0.39 is 16.9 Å². The van der Waals surface area contributed by atoms with Crippen LogP contribution in [0.15, 0.2) is 36.4 Å². The standard InChI is InChI=1S/C20H19N3O5/c1-9(18(24)21-10-3-2-4-11(7-10)23(27)28)22-19(25)16-12-5-6-13(15-8-14(12)15)17(16)20(22)26/h2-7,9,12-17H,8H2,1H3,(H,21,24)/t9-,12-,13-,14-,15+,16+,17-/m1/s1. The maximum Gasteiger partial charge on any atom is 0.271 e. The lowest BCUT2D eigenvalue weighted by Gasteiger charge is -2.37. The summed E-state index contributed by atoms with van der Waals surface area (Å²) in [5.41, 5.74) is 0.109. The maximum atomic E-state index is 13.0. The minimum atomic E-state index is -0.972. The molecule has 28 heavy (non-hydrogen) atoms. The number of hydrogen-bond acceptors (Lipinski definition) is 5. The second-order valence-corrected chi connectivity index (χ2v) is 8.17. The molecule has 1 aromatic carbocycles. The van der Waals surface area contributed by atoms with Gasteiger partial charge in [-0.25, -0.2) is 0 Å².